The molecule has 1 saturated heterocycles. The molecule has 1 aliphatic heterocycles. The molecule has 1 aromatic rings. The van der Waals surface area contributed by atoms with Crippen molar-refractivity contribution >= 4 is 0 Å². The molecule has 1 heteroatoms. The predicted octanol–water partition coefficient (Wildman–Crippen LogP) is 3.68. The van der Waals surface area contributed by atoms with Crippen molar-refractivity contribution in [3.8, 4) is 0 Å². The Labute approximate surface area is 99.3 Å². The molecule has 1 atom stereocenters. The van der Waals surface area contributed by atoms with Gasteiger partial charge < -0.3 is 5.32 Å². The zero-order valence-electron chi connectivity index (χ0n) is 10.8. The molecule has 1 nitrogen and oxygen atoms in total. The minimum Gasteiger partial charge on any atom is -0.310 e. The second-order valence-corrected chi connectivity index (χ2v) is 4.98. The van der Waals surface area contributed by atoms with Gasteiger partial charge in [0.05, 0.1) is 0 Å². The third-order valence-electron chi connectivity index (χ3n) is 3.86. The van der Waals surface area contributed by atoms with E-state index in [-0.39, 0.29) is 0 Å². The van der Waals surface area contributed by atoms with E-state index < -0.39 is 0 Å². The zero-order chi connectivity index (χ0) is 11.5. The Kier molecular flexibility index (Phi) is 3.65. The molecule has 1 N–H and O–H groups in total. The van der Waals surface area contributed by atoms with E-state index in [1.54, 1.807) is 0 Å². The van der Waals surface area contributed by atoms with Crippen molar-refractivity contribution in [2.24, 2.45) is 0 Å². The zero-order valence-corrected chi connectivity index (χ0v) is 10.8. The van der Waals surface area contributed by atoms with Crippen molar-refractivity contribution in [1.29, 1.82) is 0 Å². The molecule has 1 aliphatic rings. The number of nitrogens with one attached hydrogen (secondary N) is 1. The van der Waals surface area contributed by atoms with Crippen LogP contribution in [0.3, 0.4) is 0 Å². The molecule has 2 rings (SSSR count). The van der Waals surface area contributed by atoms with Gasteiger partial charge in [0.25, 0.3) is 0 Å². The molecule has 0 aliphatic carbocycles. The molecular formula is C15H23N. The van der Waals surface area contributed by atoms with Gasteiger partial charge in [0.15, 0.2) is 0 Å². The van der Waals surface area contributed by atoms with Crippen LogP contribution in [0.5, 0.6) is 0 Å². The van der Waals surface area contributed by atoms with Gasteiger partial charge in [0, 0.05) is 6.04 Å². The maximum Gasteiger partial charge on any atom is 0.0323 e. The first-order chi connectivity index (χ1) is 7.72. The lowest BCUT2D eigenvalue weighted by atomic mass is 9.90. The van der Waals surface area contributed by atoms with Crippen LogP contribution in [0, 0.1) is 13.8 Å². The number of piperidine rings is 1. The van der Waals surface area contributed by atoms with Crippen LogP contribution in [0.2, 0.25) is 0 Å². The summed E-state index contributed by atoms with van der Waals surface area (Å²) in [4.78, 5) is 0. The van der Waals surface area contributed by atoms with E-state index >= 15 is 0 Å². The highest BCUT2D eigenvalue weighted by molar-refractivity contribution is 5.39. The molecule has 1 unspecified atom stereocenters. The van der Waals surface area contributed by atoms with E-state index in [4.69, 9.17) is 0 Å². The molecule has 0 bridgehead atoms. The molecule has 0 saturated carbocycles. The summed E-state index contributed by atoms with van der Waals surface area (Å²) in [5.41, 5.74) is 5.94. The van der Waals surface area contributed by atoms with Crippen molar-refractivity contribution < 1.29 is 0 Å². The minimum atomic E-state index is 0.596. The Morgan fingerprint density at radius 1 is 1.25 bits per heavy atom. The minimum absolute atomic E-state index is 0.596. The normalized spacial score (nSPS) is 21.1. The summed E-state index contributed by atoms with van der Waals surface area (Å²) in [7, 11) is 0. The van der Waals surface area contributed by atoms with Gasteiger partial charge in [0.1, 0.15) is 0 Å². The van der Waals surface area contributed by atoms with Gasteiger partial charge in [-0.3, -0.25) is 0 Å². The fraction of sp³-hybridized carbons (Fsp3) is 0.600. The Hall–Kier alpha value is -0.820. The Balaban J connectivity index is 2.33. The topological polar surface area (TPSA) is 12.0 Å². The summed E-state index contributed by atoms with van der Waals surface area (Å²) in [5.74, 6) is 0. The first kappa shape index (κ1) is 11.7. The van der Waals surface area contributed by atoms with Crippen LogP contribution in [0.1, 0.15) is 54.5 Å². The number of benzene rings is 1. The molecule has 0 amide bonds. The third kappa shape index (κ3) is 2.30. The Morgan fingerprint density at radius 2 is 2.06 bits per heavy atom. The molecular weight excluding hydrogens is 194 g/mol. The van der Waals surface area contributed by atoms with Crippen LogP contribution in [0.25, 0.3) is 0 Å². The summed E-state index contributed by atoms with van der Waals surface area (Å²) in [6.45, 7) is 7.92. The summed E-state index contributed by atoms with van der Waals surface area (Å²) in [5, 5.41) is 3.65. The molecule has 0 aromatic heterocycles. The molecule has 0 spiro atoms. The monoisotopic (exact) mass is 217 g/mol. The van der Waals surface area contributed by atoms with E-state index in [0.29, 0.717) is 6.04 Å². The van der Waals surface area contributed by atoms with E-state index in [9.17, 15) is 0 Å². The maximum atomic E-state index is 3.65. The average Bonchev–Trinajstić information content (AvgIpc) is 2.33. The standard InChI is InChI=1S/C15H23N/c1-4-13-9-11(2)12(3)14(10-13)15-7-5-6-8-16-15/h9-10,15-16H,4-8H2,1-3H3. The highest BCUT2D eigenvalue weighted by Gasteiger charge is 2.17. The molecule has 16 heavy (non-hydrogen) atoms. The highest BCUT2D eigenvalue weighted by Crippen LogP contribution is 2.28. The molecule has 1 aromatic carbocycles. The van der Waals surface area contributed by atoms with Crippen LogP contribution in [-0.4, -0.2) is 6.54 Å². The average molecular weight is 217 g/mol. The van der Waals surface area contributed by atoms with Crippen molar-refractivity contribution in [3.05, 3.63) is 34.4 Å². The van der Waals surface area contributed by atoms with E-state index in [1.165, 1.54) is 48.1 Å². The quantitative estimate of drug-likeness (QED) is 0.797. The first-order valence-corrected chi connectivity index (χ1v) is 6.55. The maximum absolute atomic E-state index is 3.65. The van der Waals surface area contributed by atoms with Crippen molar-refractivity contribution in [1.82, 2.24) is 5.32 Å². The van der Waals surface area contributed by atoms with Crippen LogP contribution in [0.15, 0.2) is 12.1 Å². The number of aryl methyl sites for hydroxylation is 2. The number of hydrogen-bond donors (Lipinski definition) is 1. The molecule has 88 valence electrons. The second-order valence-electron chi connectivity index (χ2n) is 4.98. The number of hydrogen-bond acceptors (Lipinski definition) is 1. The van der Waals surface area contributed by atoms with Crippen molar-refractivity contribution in [2.75, 3.05) is 6.54 Å². The van der Waals surface area contributed by atoms with Gasteiger partial charge in [-0.1, -0.05) is 25.5 Å². The lowest BCUT2D eigenvalue weighted by Crippen LogP contribution is -2.27. The number of rotatable bonds is 2. The van der Waals surface area contributed by atoms with Gasteiger partial charge in [0.2, 0.25) is 0 Å². The Bertz CT molecular complexity index is 362. The van der Waals surface area contributed by atoms with Gasteiger partial charge in [-0.25, -0.2) is 0 Å². The van der Waals surface area contributed by atoms with Crippen LogP contribution >= 0.6 is 0 Å². The fourth-order valence-corrected chi connectivity index (χ4v) is 2.65. The van der Waals surface area contributed by atoms with Crippen LogP contribution in [0.4, 0.5) is 0 Å². The molecule has 1 heterocycles. The summed E-state index contributed by atoms with van der Waals surface area (Å²) < 4.78 is 0. The largest absolute Gasteiger partial charge is 0.310 e. The second kappa shape index (κ2) is 5.01. The smallest absolute Gasteiger partial charge is 0.0323 e. The summed E-state index contributed by atoms with van der Waals surface area (Å²) >= 11 is 0. The molecule has 0 radical (unpaired) electrons. The van der Waals surface area contributed by atoms with E-state index in [1.807, 2.05) is 0 Å². The van der Waals surface area contributed by atoms with Crippen molar-refractivity contribution in [3.63, 3.8) is 0 Å². The third-order valence-corrected chi connectivity index (χ3v) is 3.86. The van der Waals surface area contributed by atoms with Gasteiger partial charge in [-0.05, 0) is 61.9 Å². The highest BCUT2D eigenvalue weighted by atomic mass is 14.9. The van der Waals surface area contributed by atoms with Gasteiger partial charge >= 0.3 is 0 Å². The predicted molar refractivity (Wildman–Crippen MR) is 69.9 cm³/mol. The van der Waals surface area contributed by atoms with Gasteiger partial charge in [-0.15, -0.1) is 0 Å². The fourth-order valence-electron chi connectivity index (χ4n) is 2.65. The summed E-state index contributed by atoms with van der Waals surface area (Å²) in [6, 6.07) is 5.34. The van der Waals surface area contributed by atoms with Crippen LogP contribution in [-0.2, 0) is 6.42 Å². The summed E-state index contributed by atoms with van der Waals surface area (Å²) in [6.07, 6.45) is 5.14. The first-order valence-electron chi connectivity index (χ1n) is 6.55. The van der Waals surface area contributed by atoms with E-state index in [0.717, 1.165) is 6.42 Å². The van der Waals surface area contributed by atoms with Crippen LogP contribution < -0.4 is 5.32 Å². The lowest BCUT2D eigenvalue weighted by molar-refractivity contribution is 0.411. The van der Waals surface area contributed by atoms with E-state index in [2.05, 4.69) is 38.2 Å². The SMILES string of the molecule is CCc1cc(C)c(C)c(C2CCCCN2)c1. The lowest BCUT2D eigenvalue weighted by Gasteiger charge is -2.26. The Morgan fingerprint density at radius 3 is 2.69 bits per heavy atom. The molecule has 1 fully saturated rings. The van der Waals surface area contributed by atoms with Crippen molar-refractivity contribution in [2.45, 2.75) is 52.5 Å². The van der Waals surface area contributed by atoms with Gasteiger partial charge in [-0.2, -0.15) is 0 Å².